The number of nitrogens with one attached hydrogen (secondary N) is 1. The number of aldehydes is 1. The molecule has 2 aromatic rings. The summed E-state index contributed by atoms with van der Waals surface area (Å²) < 4.78 is 0. The first-order chi connectivity index (χ1) is 11.9. The lowest BCUT2D eigenvalue weighted by Gasteiger charge is -2.25. The van der Waals surface area contributed by atoms with E-state index in [1.807, 2.05) is 37.4 Å². The van der Waals surface area contributed by atoms with Crippen LogP contribution >= 0.6 is 11.8 Å². The lowest BCUT2D eigenvalue weighted by molar-refractivity contribution is -0.129. The maximum Gasteiger partial charge on any atom is 0.350 e. The van der Waals surface area contributed by atoms with Gasteiger partial charge in [0.25, 0.3) is 0 Å². The summed E-state index contributed by atoms with van der Waals surface area (Å²) in [7, 11) is 0. The fraction of sp³-hybridized carbons (Fsp3) is 0.389. The number of para-hydroxylation sites is 1. The topological polar surface area (TPSA) is 103 Å². The van der Waals surface area contributed by atoms with Gasteiger partial charge >= 0.3 is 5.97 Å². The molecule has 1 aromatic carbocycles. The molecule has 0 saturated heterocycles. The predicted octanol–water partition coefficient (Wildman–Crippen LogP) is 2.37. The van der Waals surface area contributed by atoms with Crippen molar-refractivity contribution < 1.29 is 19.8 Å². The number of rotatable bonds is 6. The molecule has 0 unspecified atom stereocenters. The summed E-state index contributed by atoms with van der Waals surface area (Å²) in [5.74, 6) is -1.98. The van der Waals surface area contributed by atoms with Gasteiger partial charge in [-0.25, -0.2) is 4.79 Å². The van der Waals surface area contributed by atoms with Gasteiger partial charge in [0.15, 0.2) is 0 Å². The fourth-order valence-corrected chi connectivity index (χ4v) is 4.67. The molecule has 7 heteroatoms. The Morgan fingerprint density at radius 1 is 1.40 bits per heavy atom. The Kier molecular flexibility index (Phi) is 4.96. The van der Waals surface area contributed by atoms with Gasteiger partial charge in [-0.15, -0.1) is 11.8 Å². The molecule has 1 aliphatic heterocycles. The number of hydrogen-bond acceptors (Lipinski definition) is 5. The number of aromatic nitrogens is 1. The quantitative estimate of drug-likeness (QED) is 0.686. The van der Waals surface area contributed by atoms with E-state index in [0.29, 0.717) is 6.29 Å². The normalized spacial score (nSPS) is 25.6. The van der Waals surface area contributed by atoms with E-state index in [1.165, 1.54) is 18.7 Å². The number of aliphatic hydroxyl groups excluding tert-OH is 1. The molecule has 3 N–H and O–H groups in total. The third-order valence-corrected chi connectivity index (χ3v) is 6.20. The van der Waals surface area contributed by atoms with Crippen molar-refractivity contribution >= 4 is 40.6 Å². The molecule has 0 aliphatic carbocycles. The second-order valence-corrected chi connectivity index (χ2v) is 7.54. The average molecular weight is 360 g/mol. The molecule has 0 amide bonds. The highest BCUT2D eigenvalue weighted by Gasteiger charge is 2.44. The van der Waals surface area contributed by atoms with Gasteiger partial charge < -0.3 is 20.0 Å². The highest BCUT2D eigenvalue weighted by Crippen LogP contribution is 2.41. The Labute approximate surface area is 149 Å². The number of aromatic amines is 1. The Bertz CT molecular complexity index is 829. The minimum absolute atomic E-state index is 0.0558. The zero-order chi connectivity index (χ0) is 18.1. The molecular formula is C18H20N2O4S. The number of carboxylic acids is 1. The first-order valence-electron chi connectivity index (χ1n) is 8.11. The van der Waals surface area contributed by atoms with Crippen LogP contribution in [0.25, 0.3) is 10.9 Å². The number of hydrogen-bond donors (Lipinski definition) is 3. The second kappa shape index (κ2) is 7.01. The number of carboxylic acid groups (broad SMARTS) is 1. The zero-order valence-corrected chi connectivity index (χ0v) is 14.7. The standard InChI is InChI=1S/C18H20N2O4S/c1-9-15(12(8-21)10(2)22)20-16(18(23)24)17(9)25-14-7-19-13-6-4-3-5-11(13)14/h3-10,12,15,17,19,22H,1-2H3,(H,23,24)/t9-,10+,12-,15-,17-/m1/s1. The molecule has 5 atom stereocenters. The molecule has 132 valence electrons. The van der Waals surface area contributed by atoms with Crippen molar-refractivity contribution in [2.45, 2.75) is 36.1 Å². The average Bonchev–Trinajstić information content (AvgIpc) is 3.12. The number of benzene rings is 1. The van der Waals surface area contributed by atoms with Crippen LogP contribution in [0.5, 0.6) is 0 Å². The molecule has 0 radical (unpaired) electrons. The first kappa shape index (κ1) is 17.7. The molecule has 2 heterocycles. The molecule has 3 rings (SSSR count). The second-order valence-electron chi connectivity index (χ2n) is 6.36. The Hall–Kier alpha value is -2.12. The Morgan fingerprint density at radius 3 is 2.76 bits per heavy atom. The largest absolute Gasteiger partial charge is 0.477 e. The van der Waals surface area contributed by atoms with Crippen LogP contribution in [0.2, 0.25) is 0 Å². The highest BCUT2D eigenvalue weighted by molar-refractivity contribution is 8.01. The summed E-state index contributed by atoms with van der Waals surface area (Å²) >= 11 is 1.43. The minimum Gasteiger partial charge on any atom is -0.477 e. The van der Waals surface area contributed by atoms with Gasteiger partial charge in [0.2, 0.25) is 0 Å². The number of aliphatic carboxylic acids is 1. The van der Waals surface area contributed by atoms with Gasteiger partial charge in [0, 0.05) is 22.0 Å². The summed E-state index contributed by atoms with van der Waals surface area (Å²) in [5, 5.41) is 20.0. The smallest absolute Gasteiger partial charge is 0.350 e. The molecule has 0 spiro atoms. The maximum absolute atomic E-state index is 11.7. The summed E-state index contributed by atoms with van der Waals surface area (Å²) in [6.45, 7) is 3.41. The number of fused-ring (bicyclic) bond motifs is 1. The maximum atomic E-state index is 11.7. The highest BCUT2D eigenvalue weighted by atomic mass is 32.2. The van der Waals surface area contributed by atoms with Crippen LogP contribution in [0.15, 0.2) is 40.4 Å². The van der Waals surface area contributed by atoms with Crippen molar-refractivity contribution in [1.82, 2.24) is 4.98 Å². The Morgan fingerprint density at radius 2 is 2.12 bits per heavy atom. The van der Waals surface area contributed by atoms with Gasteiger partial charge in [-0.2, -0.15) is 0 Å². The molecule has 0 saturated carbocycles. The van der Waals surface area contributed by atoms with E-state index in [4.69, 9.17) is 0 Å². The minimum atomic E-state index is -1.08. The zero-order valence-electron chi connectivity index (χ0n) is 13.9. The third-order valence-electron chi connectivity index (χ3n) is 4.71. The van der Waals surface area contributed by atoms with E-state index >= 15 is 0 Å². The number of carbonyl (C=O) groups excluding carboxylic acids is 1. The van der Waals surface area contributed by atoms with Gasteiger partial charge in [-0.3, -0.25) is 4.99 Å². The number of aliphatic hydroxyl groups is 1. The lowest BCUT2D eigenvalue weighted by Crippen LogP contribution is -2.35. The predicted molar refractivity (Wildman–Crippen MR) is 97.2 cm³/mol. The van der Waals surface area contributed by atoms with Crippen molar-refractivity contribution in [3.63, 3.8) is 0 Å². The number of H-pyrrole nitrogens is 1. The van der Waals surface area contributed by atoms with Gasteiger partial charge in [-0.1, -0.05) is 25.1 Å². The van der Waals surface area contributed by atoms with Crippen molar-refractivity contribution in [2.24, 2.45) is 16.8 Å². The van der Waals surface area contributed by atoms with E-state index < -0.39 is 24.0 Å². The van der Waals surface area contributed by atoms with E-state index in [-0.39, 0.29) is 16.9 Å². The monoisotopic (exact) mass is 360 g/mol. The van der Waals surface area contributed by atoms with Crippen LogP contribution in [0.4, 0.5) is 0 Å². The number of carbonyl (C=O) groups is 2. The summed E-state index contributed by atoms with van der Waals surface area (Å²) in [5.41, 5.74) is 1.04. The molecule has 1 aliphatic rings. The number of aliphatic imine (C=N–C) groups is 1. The Balaban J connectivity index is 1.93. The third kappa shape index (κ3) is 3.21. The van der Waals surface area contributed by atoms with Crippen molar-refractivity contribution in [2.75, 3.05) is 0 Å². The summed E-state index contributed by atoms with van der Waals surface area (Å²) in [6.07, 6.45) is 1.66. The SMILES string of the molecule is C[C@@H]1[C@H]([C@H](C=O)[C@H](C)O)N=C(C(=O)O)[C@@H]1Sc1c[nH]c2ccccc12. The molecule has 1 aromatic heterocycles. The molecule has 0 fully saturated rings. The molecule has 6 nitrogen and oxygen atoms in total. The van der Waals surface area contributed by atoms with E-state index in [2.05, 4.69) is 9.98 Å². The first-order valence-corrected chi connectivity index (χ1v) is 8.99. The number of thioether (sulfide) groups is 1. The van der Waals surface area contributed by atoms with Crippen molar-refractivity contribution in [1.29, 1.82) is 0 Å². The van der Waals surface area contributed by atoms with Gasteiger partial charge in [0.1, 0.15) is 12.0 Å². The van der Waals surface area contributed by atoms with Crippen LogP contribution in [0.1, 0.15) is 13.8 Å². The van der Waals surface area contributed by atoms with Crippen molar-refractivity contribution in [3.8, 4) is 0 Å². The fourth-order valence-electron chi connectivity index (χ4n) is 3.32. The van der Waals surface area contributed by atoms with E-state index in [9.17, 15) is 19.8 Å². The van der Waals surface area contributed by atoms with Crippen molar-refractivity contribution in [3.05, 3.63) is 30.5 Å². The lowest BCUT2D eigenvalue weighted by atomic mass is 9.87. The van der Waals surface area contributed by atoms with Crippen LogP contribution in [-0.4, -0.2) is 50.6 Å². The van der Waals surface area contributed by atoms with E-state index in [0.717, 1.165) is 15.8 Å². The number of nitrogens with zero attached hydrogens (tertiary/aromatic N) is 1. The van der Waals surface area contributed by atoms with E-state index in [1.54, 1.807) is 0 Å². The molecule has 0 bridgehead atoms. The summed E-state index contributed by atoms with van der Waals surface area (Å²) in [6, 6.07) is 7.27. The molecule has 25 heavy (non-hydrogen) atoms. The van der Waals surface area contributed by atoms with Crippen LogP contribution in [0.3, 0.4) is 0 Å². The van der Waals surface area contributed by atoms with Gasteiger partial charge in [0.05, 0.1) is 23.3 Å². The van der Waals surface area contributed by atoms with Crippen LogP contribution < -0.4 is 0 Å². The molecular weight excluding hydrogens is 340 g/mol. The van der Waals surface area contributed by atoms with Crippen LogP contribution in [0, 0.1) is 11.8 Å². The van der Waals surface area contributed by atoms with Gasteiger partial charge in [-0.05, 0) is 18.9 Å². The van der Waals surface area contributed by atoms with Crippen LogP contribution in [-0.2, 0) is 9.59 Å². The summed E-state index contributed by atoms with van der Waals surface area (Å²) in [4.78, 5) is 31.5.